The Morgan fingerprint density at radius 2 is 2.00 bits per heavy atom. The number of nitrogens with one attached hydrogen (secondary N) is 1. The number of rotatable bonds is 5. The summed E-state index contributed by atoms with van der Waals surface area (Å²) >= 11 is 0. The third-order valence-corrected chi connectivity index (χ3v) is 5.50. The van der Waals surface area contributed by atoms with E-state index in [1.807, 2.05) is 0 Å². The molecule has 2 aliphatic heterocycles. The van der Waals surface area contributed by atoms with E-state index in [9.17, 15) is 27.2 Å². The van der Waals surface area contributed by atoms with Gasteiger partial charge in [-0.25, -0.2) is 14.2 Å². The van der Waals surface area contributed by atoms with Gasteiger partial charge in [0.25, 0.3) is 5.91 Å². The van der Waals surface area contributed by atoms with Gasteiger partial charge in [0.2, 0.25) is 0 Å². The fraction of sp³-hybridized carbons (Fsp3) is 0.348. The van der Waals surface area contributed by atoms with E-state index >= 15 is 0 Å². The lowest BCUT2D eigenvalue weighted by molar-refractivity contribution is -0.141. The molecule has 1 saturated heterocycles. The zero-order chi connectivity index (χ0) is 23.8. The number of pyridine rings is 1. The Kier molecular flexibility index (Phi) is 6.20. The molecule has 1 N–H and O–H groups in total. The molecule has 174 valence electrons. The highest BCUT2D eigenvalue weighted by Gasteiger charge is 2.40. The number of amides is 1. The van der Waals surface area contributed by atoms with E-state index in [0.717, 1.165) is 12.1 Å². The molecule has 6 nitrogen and oxygen atoms in total. The maximum Gasteiger partial charge on any atom is 0.433 e. The van der Waals surface area contributed by atoms with Crippen LogP contribution in [0.15, 0.2) is 42.0 Å². The molecule has 0 unspecified atom stereocenters. The van der Waals surface area contributed by atoms with E-state index in [-0.39, 0.29) is 41.6 Å². The maximum absolute atomic E-state index is 14.3. The van der Waals surface area contributed by atoms with Crippen molar-refractivity contribution in [2.24, 2.45) is 0 Å². The Bertz CT molecular complexity index is 1130. The summed E-state index contributed by atoms with van der Waals surface area (Å²) in [4.78, 5) is 28.6. The quantitative estimate of drug-likeness (QED) is 0.510. The molecule has 2 aromatic rings. The number of nitrogens with zero attached hydrogens (tertiary/aromatic N) is 1. The number of carbonyl (C=O) groups is 2. The molecule has 0 radical (unpaired) electrons. The van der Waals surface area contributed by atoms with Crippen LogP contribution in [-0.2, 0) is 20.4 Å². The Morgan fingerprint density at radius 1 is 1.21 bits per heavy atom. The minimum Gasteiger partial charge on any atom is -0.462 e. The first-order valence-corrected chi connectivity index (χ1v) is 10.4. The van der Waals surface area contributed by atoms with Crippen molar-refractivity contribution in [1.29, 1.82) is 0 Å². The molecule has 0 spiro atoms. The monoisotopic (exact) mass is 464 g/mol. The Balaban J connectivity index is 1.66. The van der Waals surface area contributed by atoms with Crippen LogP contribution in [0.1, 0.15) is 47.9 Å². The number of ether oxygens (including phenoxy) is 2. The molecule has 1 fully saturated rings. The minimum absolute atomic E-state index is 0.0177. The molecule has 0 aliphatic carbocycles. The number of esters is 1. The van der Waals surface area contributed by atoms with Crippen molar-refractivity contribution < 1.29 is 36.6 Å². The van der Waals surface area contributed by atoms with E-state index < -0.39 is 35.7 Å². The van der Waals surface area contributed by atoms with Gasteiger partial charge in [-0.2, -0.15) is 13.2 Å². The molecule has 2 aliphatic rings. The third-order valence-electron chi connectivity index (χ3n) is 5.50. The van der Waals surface area contributed by atoms with Gasteiger partial charge >= 0.3 is 12.1 Å². The number of alkyl halides is 3. The van der Waals surface area contributed by atoms with Crippen LogP contribution in [0.2, 0.25) is 0 Å². The van der Waals surface area contributed by atoms with Crippen LogP contribution in [0.4, 0.5) is 23.2 Å². The minimum atomic E-state index is -4.63. The lowest BCUT2D eigenvalue weighted by Crippen LogP contribution is -2.28. The zero-order valence-electron chi connectivity index (χ0n) is 17.5. The van der Waals surface area contributed by atoms with Gasteiger partial charge < -0.3 is 14.8 Å². The summed E-state index contributed by atoms with van der Waals surface area (Å²) < 4.78 is 64.5. The normalized spacial score (nSPS) is 20.0. The van der Waals surface area contributed by atoms with Crippen LogP contribution in [0.5, 0.6) is 0 Å². The van der Waals surface area contributed by atoms with Gasteiger partial charge in [0.15, 0.2) is 0 Å². The number of halogens is 4. The van der Waals surface area contributed by atoms with E-state index in [2.05, 4.69) is 10.3 Å². The highest BCUT2D eigenvalue weighted by Crippen LogP contribution is 2.42. The SMILES string of the molecule is CCOC(=O)c1ccc(NC(=O)C2=C(c3cccc(C(F)(F)F)n3)[C@@H]3CC[C@H](C2)O3)cc1F. The van der Waals surface area contributed by atoms with Crippen LogP contribution >= 0.6 is 0 Å². The van der Waals surface area contributed by atoms with E-state index in [4.69, 9.17) is 9.47 Å². The number of anilines is 1. The van der Waals surface area contributed by atoms with Crippen LogP contribution in [0.3, 0.4) is 0 Å². The number of fused-ring (bicyclic) bond motifs is 2. The molecule has 3 heterocycles. The first-order valence-electron chi connectivity index (χ1n) is 10.4. The summed E-state index contributed by atoms with van der Waals surface area (Å²) in [5.74, 6) is -2.28. The summed E-state index contributed by atoms with van der Waals surface area (Å²) in [6.45, 7) is 1.68. The molecule has 4 rings (SSSR count). The molecule has 10 heteroatoms. The standard InChI is InChI=1S/C23H20F4N2O4/c1-2-32-22(31)14-8-6-12(10-16(14)24)28-21(30)15-11-13-7-9-18(33-13)20(15)17-4-3-5-19(29-17)23(25,26)27/h3-6,8,10,13,18H,2,7,9,11H2,1H3,(H,28,30)/t13-,18+/m1/s1. The second kappa shape index (κ2) is 8.93. The first kappa shape index (κ1) is 22.9. The number of aromatic nitrogens is 1. The Labute approximate surface area is 186 Å². The van der Waals surface area contributed by atoms with Gasteiger partial charge in [-0.15, -0.1) is 0 Å². The van der Waals surface area contributed by atoms with Crippen LogP contribution in [-0.4, -0.2) is 35.7 Å². The predicted molar refractivity (Wildman–Crippen MR) is 110 cm³/mol. The van der Waals surface area contributed by atoms with Crippen molar-refractivity contribution in [1.82, 2.24) is 4.98 Å². The maximum atomic E-state index is 14.3. The first-order chi connectivity index (χ1) is 15.7. The fourth-order valence-corrected chi connectivity index (χ4v) is 4.05. The summed E-state index contributed by atoms with van der Waals surface area (Å²) in [5, 5.41) is 2.57. The highest BCUT2D eigenvalue weighted by molar-refractivity contribution is 6.09. The van der Waals surface area contributed by atoms with E-state index in [0.29, 0.717) is 18.4 Å². The molecular formula is C23H20F4N2O4. The molecule has 33 heavy (non-hydrogen) atoms. The van der Waals surface area contributed by atoms with Gasteiger partial charge in [-0.3, -0.25) is 4.79 Å². The van der Waals surface area contributed by atoms with Gasteiger partial charge in [-0.05, 0) is 50.1 Å². The third kappa shape index (κ3) is 4.75. The summed E-state index contributed by atoms with van der Waals surface area (Å²) in [6, 6.07) is 7.04. The largest absolute Gasteiger partial charge is 0.462 e. The zero-order valence-corrected chi connectivity index (χ0v) is 17.5. The summed E-state index contributed by atoms with van der Waals surface area (Å²) in [6.07, 6.45) is -4.01. The van der Waals surface area contributed by atoms with Crippen LogP contribution < -0.4 is 5.32 Å². The summed E-state index contributed by atoms with van der Waals surface area (Å²) in [7, 11) is 0. The van der Waals surface area contributed by atoms with Gasteiger partial charge in [0, 0.05) is 23.3 Å². The van der Waals surface area contributed by atoms with Crippen LogP contribution in [0, 0.1) is 5.82 Å². The van der Waals surface area contributed by atoms with Crippen molar-refractivity contribution in [3.05, 3.63) is 64.7 Å². The lowest BCUT2D eigenvalue weighted by Gasteiger charge is -2.26. The smallest absolute Gasteiger partial charge is 0.433 e. The number of hydrogen-bond acceptors (Lipinski definition) is 5. The van der Waals surface area contributed by atoms with Crippen molar-refractivity contribution in [3.63, 3.8) is 0 Å². The number of benzene rings is 1. The second-order valence-electron chi connectivity index (χ2n) is 7.70. The number of carbonyl (C=O) groups excluding carboxylic acids is 2. The Morgan fingerprint density at radius 3 is 2.70 bits per heavy atom. The average Bonchev–Trinajstić information content (AvgIpc) is 3.14. The van der Waals surface area contributed by atoms with Gasteiger partial charge in [-0.1, -0.05) is 6.07 Å². The lowest BCUT2D eigenvalue weighted by atomic mass is 9.94. The van der Waals surface area contributed by atoms with Crippen LogP contribution in [0.25, 0.3) is 5.57 Å². The highest BCUT2D eigenvalue weighted by atomic mass is 19.4. The van der Waals surface area contributed by atoms with Gasteiger partial charge in [0.1, 0.15) is 11.5 Å². The molecule has 2 atom stereocenters. The molecule has 1 aromatic heterocycles. The van der Waals surface area contributed by atoms with Gasteiger partial charge in [0.05, 0.1) is 30.1 Å². The fourth-order valence-electron chi connectivity index (χ4n) is 4.05. The van der Waals surface area contributed by atoms with E-state index in [1.165, 1.54) is 24.3 Å². The average molecular weight is 464 g/mol. The number of hydrogen-bond donors (Lipinski definition) is 1. The molecular weight excluding hydrogens is 444 g/mol. The molecule has 1 amide bonds. The Hall–Kier alpha value is -3.27. The van der Waals surface area contributed by atoms with E-state index in [1.54, 1.807) is 6.92 Å². The molecule has 2 bridgehead atoms. The molecule has 0 saturated carbocycles. The molecule has 1 aromatic carbocycles. The second-order valence-corrected chi connectivity index (χ2v) is 7.70. The van der Waals surface area contributed by atoms with Crippen molar-refractivity contribution in [3.8, 4) is 0 Å². The van der Waals surface area contributed by atoms with Crippen molar-refractivity contribution >= 4 is 23.1 Å². The topological polar surface area (TPSA) is 77.5 Å². The van der Waals surface area contributed by atoms with Crippen molar-refractivity contribution in [2.75, 3.05) is 11.9 Å². The van der Waals surface area contributed by atoms with Crippen molar-refractivity contribution in [2.45, 2.75) is 44.6 Å². The predicted octanol–water partition coefficient (Wildman–Crippen LogP) is 4.76. The summed E-state index contributed by atoms with van der Waals surface area (Å²) in [5.41, 5.74) is -0.681.